The lowest BCUT2D eigenvalue weighted by atomic mass is 10.1. The second-order valence-corrected chi connectivity index (χ2v) is 8.34. The number of carbonyl (C=O) groups excluding carboxylic acids is 1. The Labute approximate surface area is 154 Å². The number of halogens is 1. The van der Waals surface area contributed by atoms with Crippen LogP contribution in [0.1, 0.15) is 23.6 Å². The number of benzene rings is 1. The maximum Gasteiger partial charge on any atom is 0.226 e. The molecule has 4 rings (SSSR count). The van der Waals surface area contributed by atoms with E-state index in [1.54, 1.807) is 11.3 Å². The zero-order valence-corrected chi connectivity index (χ0v) is 16.0. The van der Waals surface area contributed by atoms with Crippen molar-refractivity contribution in [3.63, 3.8) is 0 Å². The van der Waals surface area contributed by atoms with Crippen LogP contribution in [0.25, 0.3) is 0 Å². The number of nitrogens with zero attached hydrogens (tertiary/aromatic N) is 3. The molecule has 0 bridgehead atoms. The number of aromatic nitrogens is 1. The number of hydrogen-bond donors (Lipinski definition) is 0. The molecule has 1 saturated heterocycles. The fraction of sp³-hybridized carbons (Fsp3) is 0.444. The van der Waals surface area contributed by atoms with Crippen LogP contribution >= 0.6 is 27.3 Å². The summed E-state index contributed by atoms with van der Waals surface area (Å²) in [5.41, 5.74) is 2.35. The van der Waals surface area contributed by atoms with Crippen LogP contribution in [0.15, 0.2) is 34.1 Å². The fourth-order valence-corrected chi connectivity index (χ4v) is 4.69. The van der Waals surface area contributed by atoms with Gasteiger partial charge >= 0.3 is 0 Å². The van der Waals surface area contributed by atoms with Crippen molar-refractivity contribution in [3.05, 3.63) is 45.4 Å². The van der Waals surface area contributed by atoms with Crippen LogP contribution in [0.5, 0.6) is 0 Å². The Hall–Kier alpha value is -1.40. The molecule has 2 heterocycles. The minimum Gasteiger partial charge on any atom is -0.345 e. The zero-order valence-electron chi connectivity index (χ0n) is 13.6. The first-order chi connectivity index (χ1) is 11.6. The largest absolute Gasteiger partial charge is 0.345 e. The van der Waals surface area contributed by atoms with E-state index in [1.165, 1.54) is 5.56 Å². The summed E-state index contributed by atoms with van der Waals surface area (Å²) in [6.07, 6.45) is 0.987. The van der Waals surface area contributed by atoms with Crippen LogP contribution in [-0.2, 0) is 4.79 Å². The van der Waals surface area contributed by atoms with E-state index in [-0.39, 0.29) is 5.92 Å². The summed E-state index contributed by atoms with van der Waals surface area (Å²) in [6.45, 7) is 5.40. The standard InChI is InChI=1S/C18H20BrN3OS/c1-12-11-24-18(20-12)22-7-5-21(6-8-22)17(23)16-10-15(16)13-3-2-4-14(19)9-13/h2-4,9,11,15-16H,5-8,10H2,1H3/t15-,16-/m1/s1. The van der Waals surface area contributed by atoms with Crippen LogP contribution in [0.4, 0.5) is 5.13 Å². The molecule has 2 aliphatic rings. The quantitative estimate of drug-likeness (QED) is 0.781. The Balaban J connectivity index is 1.34. The van der Waals surface area contributed by atoms with Gasteiger partial charge in [0.05, 0.1) is 5.69 Å². The number of aryl methyl sites for hydroxylation is 1. The normalized spacial score (nSPS) is 23.4. The van der Waals surface area contributed by atoms with Gasteiger partial charge in [0.15, 0.2) is 5.13 Å². The van der Waals surface area contributed by atoms with Crippen molar-refractivity contribution in [2.45, 2.75) is 19.3 Å². The first kappa shape index (κ1) is 16.1. The highest BCUT2D eigenvalue weighted by atomic mass is 79.9. The average molecular weight is 406 g/mol. The minimum atomic E-state index is 0.174. The molecule has 1 saturated carbocycles. The first-order valence-electron chi connectivity index (χ1n) is 8.33. The number of thiazole rings is 1. The van der Waals surface area contributed by atoms with Gasteiger partial charge in [-0.1, -0.05) is 28.1 Å². The van der Waals surface area contributed by atoms with Crippen molar-refractivity contribution in [1.82, 2.24) is 9.88 Å². The SMILES string of the molecule is Cc1csc(N2CCN(C(=O)[C@@H]3C[C@@H]3c3cccc(Br)c3)CC2)n1. The number of carbonyl (C=O) groups is 1. The molecule has 6 heteroatoms. The van der Waals surface area contributed by atoms with Gasteiger partial charge in [0.1, 0.15) is 0 Å². The smallest absolute Gasteiger partial charge is 0.226 e. The topological polar surface area (TPSA) is 36.4 Å². The monoisotopic (exact) mass is 405 g/mol. The molecule has 1 aliphatic heterocycles. The molecular weight excluding hydrogens is 386 g/mol. The molecule has 0 spiro atoms. The van der Waals surface area contributed by atoms with Gasteiger partial charge in [-0.05, 0) is 37.0 Å². The Morgan fingerprint density at radius 1 is 1.29 bits per heavy atom. The molecule has 0 N–H and O–H groups in total. The molecule has 1 amide bonds. The summed E-state index contributed by atoms with van der Waals surface area (Å²) in [5.74, 6) is 0.901. The molecule has 4 nitrogen and oxygen atoms in total. The average Bonchev–Trinajstić information content (AvgIpc) is 3.28. The minimum absolute atomic E-state index is 0.174. The van der Waals surface area contributed by atoms with E-state index in [0.717, 1.165) is 47.9 Å². The highest BCUT2D eigenvalue weighted by Gasteiger charge is 2.46. The van der Waals surface area contributed by atoms with Crippen molar-refractivity contribution in [2.24, 2.45) is 5.92 Å². The van der Waals surface area contributed by atoms with Gasteiger partial charge in [-0.25, -0.2) is 4.98 Å². The Kier molecular flexibility index (Phi) is 4.35. The van der Waals surface area contributed by atoms with E-state index in [4.69, 9.17) is 0 Å². The number of piperazine rings is 1. The van der Waals surface area contributed by atoms with Crippen LogP contribution in [0.2, 0.25) is 0 Å². The van der Waals surface area contributed by atoms with Gasteiger partial charge in [-0.3, -0.25) is 4.79 Å². The highest BCUT2D eigenvalue weighted by molar-refractivity contribution is 9.10. The number of amides is 1. The number of anilines is 1. The van der Waals surface area contributed by atoms with Crippen LogP contribution in [0.3, 0.4) is 0 Å². The highest BCUT2D eigenvalue weighted by Crippen LogP contribution is 2.49. The molecule has 126 valence electrons. The van der Waals surface area contributed by atoms with Crippen molar-refractivity contribution in [1.29, 1.82) is 0 Å². The van der Waals surface area contributed by atoms with E-state index in [0.29, 0.717) is 11.8 Å². The van der Waals surface area contributed by atoms with Crippen molar-refractivity contribution < 1.29 is 4.79 Å². The maximum absolute atomic E-state index is 12.8. The molecule has 24 heavy (non-hydrogen) atoms. The van der Waals surface area contributed by atoms with E-state index in [1.807, 2.05) is 24.0 Å². The summed E-state index contributed by atoms with van der Waals surface area (Å²) in [5, 5.41) is 3.16. The van der Waals surface area contributed by atoms with Crippen molar-refractivity contribution in [2.75, 3.05) is 31.1 Å². The second-order valence-electron chi connectivity index (χ2n) is 6.59. The third kappa shape index (κ3) is 3.22. The second kappa shape index (κ2) is 6.48. The Morgan fingerprint density at radius 2 is 2.08 bits per heavy atom. The first-order valence-corrected chi connectivity index (χ1v) is 10.0. The van der Waals surface area contributed by atoms with Crippen molar-refractivity contribution >= 4 is 38.3 Å². The molecule has 1 aromatic heterocycles. The molecule has 0 radical (unpaired) electrons. The van der Waals surface area contributed by atoms with Gasteiger partial charge in [0.2, 0.25) is 5.91 Å². The van der Waals surface area contributed by atoms with E-state index in [2.05, 4.69) is 43.3 Å². The van der Waals surface area contributed by atoms with Crippen molar-refractivity contribution in [3.8, 4) is 0 Å². The summed E-state index contributed by atoms with van der Waals surface area (Å²) in [4.78, 5) is 21.6. The van der Waals surface area contributed by atoms with E-state index < -0.39 is 0 Å². The maximum atomic E-state index is 12.8. The predicted octanol–water partition coefficient (Wildman–Crippen LogP) is 3.67. The van der Waals surface area contributed by atoms with Gasteiger partial charge in [-0.15, -0.1) is 11.3 Å². The lowest BCUT2D eigenvalue weighted by molar-refractivity contribution is -0.132. The summed E-state index contributed by atoms with van der Waals surface area (Å²) in [7, 11) is 0. The van der Waals surface area contributed by atoms with Gasteiger partial charge in [0, 0.05) is 41.9 Å². The van der Waals surface area contributed by atoms with Gasteiger partial charge in [-0.2, -0.15) is 0 Å². The molecule has 2 fully saturated rings. The van der Waals surface area contributed by atoms with Crippen LogP contribution in [0, 0.1) is 12.8 Å². The molecule has 2 atom stereocenters. The lowest BCUT2D eigenvalue weighted by Gasteiger charge is -2.34. The lowest BCUT2D eigenvalue weighted by Crippen LogP contribution is -2.49. The molecular formula is C18H20BrN3OS. The third-order valence-electron chi connectivity index (χ3n) is 4.85. The Bertz CT molecular complexity index is 754. The third-order valence-corrected chi connectivity index (χ3v) is 6.37. The molecule has 0 unspecified atom stereocenters. The van der Waals surface area contributed by atoms with E-state index in [9.17, 15) is 4.79 Å². The van der Waals surface area contributed by atoms with Gasteiger partial charge in [0.25, 0.3) is 0 Å². The van der Waals surface area contributed by atoms with E-state index >= 15 is 0 Å². The zero-order chi connectivity index (χ0) is 16.7. The summed E-state index contributed by atoms with van der Waals surface area (Å²) >= 11 is 5.21. The van der Waals surface area contributed by atoms with Gasteiger partial charge < -0.3 is 9.80 Å². The fourth-order valence-electron chi connectivity index (χ4n) is 3.41. The number of rotatable bonds is 3. The molecule has 1 aromatic carbocycles. The summed E-state index contributed by atoms with van der Waals surface area (Å²) < 4.78 is 1.09. The summed E-state index contributed by atoms with van der Waals surface area (Å²) in [6, 6.07) is 8.35. The molecule has 2 aromatic rings. The predicted molar refractivity (Wildman–Crippen MR) is 101 cm³/mol. The Morgan fingerprint density at radius 3 is 2.75 bits per heavy atom. The molecule has 1 aliphatic carbocycles. The number of hydrogen-bond acceptors (Lipinski definition) is 4. The van der Waals surface area contributed by atoms with Crippen LogP contribution in [-0.4, -0.2) is 42.0 Å². The van der Waals surface area contributed by atoms with Crippen LogP contribution < -0.4 is 4.90 Å².